The highest BCUT2D eigenvalue weighted by Gasteiger charge is 2.39. The van der Waals surface area contributed by atoms with Gasteiger partial charge in [-0.3, -0.25) is 18.6 Å². The lowest BCUT2D eigenvalue weighted by molar-refractivity contribution is -0.870. The minimum absolute atomic E-state index is 0.00983. The molecule has 0 aromatic carbocycles. The van der Waals surface area contributed by atoms with Gasteiger partial charge in [0, 0.05) is 24.7 Å². The number of phosphoric ester groups is 1. The lowest BCUT2D eigenvalue weighted by Gasteiger charge is -2.25. The maximum absolute atomic E-state index is 12.9. The van der Waals surface area contributed by atoms with Crippen molar-refractivity contribution in [1.29, 1.82) is 0 Å². The van der Waals surface area contributed by atoms with Crippen molar-refractivity contribution in [3.8, 4) is 0 Å². The number of hydrogen-bond donors (Lipinski definition) is 5. The first kappa shape index (κ1) is 51.1. The first-order chi connectivity index (χ1) is 26.2. The summed E-state index contributed by atoms with van der Waals surface area (Å²) in [5.41, 5.74) is 0. The number of allylic oxidation sites excluding steroid dienone is 6. The number of unbranched alkanes of at least 4 members (excludes halogenated alkanes) is 11. The van der Waals surface area contributed by atoms with Gasteiger partial charge < -0.3 is 30.0 Å². The third-order valence-corrected chi connectivity index (χ3v) is 10.9. The molecule has 0 saturated heterocycles. The van der Waals surface area contributed by atoms with Crippen LogP contribution in [0.4, 0.5) is 0 Å². The van der Waals surface area contributed by atoms with Gasteiger partial charge in [-0.2, -0.15) is 0 Å². The first-order valence-electron chi connectivity index (χ1n) is 21.1. The Morgan fingerprint density at radius 2 is 1.49 bits per heavy atom. The zero-order valence-electron chi connectivity index (χ0n) is 34.9. The number of nitrogens with zero attached hydrogens (tertiary/aromatic N) is 1. The molecule has 1 saturated carbocycles. The van der Waals surface area contributed by atoms with Gasteiger partial charge in [0.2, 0.25) is 5.91 Å². The second kappa shape index (κ2) is 30.2. The molecule has 7 atom stereocenters. The molecule has 55 heavy (non-hydrogen) atoms. The highest BCUT2D eigenvalue weighted by molar-refractivity contribution is 7.47. The van der Waals surface area contributed by atoms with Crippen LogP contribution in [-0.4, -0.2) is 102 Å². The molecule has 1 aliphatic carbocycles. The molecular formula is C43H78N2O9P+. The Bertz CT molecular complexity index is 1200. The van der Waals surface area contributed by atoms with Gasteiger partial charge in [0.1, 0.15) is 18.9 Å². The summed E-state index contributed by atoms with van der Waals surface area (Å²) >= 11 is 0. The van der Waals surface area contributed by atoms with Crippen molar-refractivity contribution in [2.24, 2.45) is 11.8 Å². The van der Waals surface area contributed by atoms with Crippen LogP contribution in [0, 0.1) is 11.8 Å². The Morgan fingerprint density at radius 3 is 2.16 bits per heavy atom. The molecule has 318 valence electrons. The van der Waals surface area contributed by atoms with E-state index in [1.165, 1.54) is 32.1 Å². The normalized spacial score (nSPS) is 21.0. The number of Topliss-reactive ketones (excluding diaryl/α,β-unsaturated/α-hetero) is 1. The van der Waals surface area contributed by atoms with E-state index < -0.39 is 44.7 Å². The van der Waals surface area contributed by atoms with E-state index in [-0.39, 0.29) is 37.1 Å². The summed E-state index contributed by atoms with van der Waals surface area (Å²) in [5.74, 6) is -1.03. The van der Waals surface area contributed by atoms with Crippen LogP contribution >= 0.6 is 7.82 Å². The topological polar surface area (TPSA) is 163 Å². The van der Waals surface area contributed by atoms with Gasteiger partial charge in [-0.05, 0) is 57.8 Å². The first-order valence-corrected chi connectivity index (χ1v) is 22.6. The molecule has 1 amide bonds. The van der Waals surface area contributed by atoms with Gasteiger partial charge in [0.15, 0.2) is 0 Å². The van der Waals surface area contributed by atoms with Crippen molar-refractivity contribution in [1.82, 2.24) is 5.32 Å². The number of amides is 1. The van der Waals surface area contributed by atoms with Crippen molar-refractivity contribution >= 4 is 19.5 Å². The quantitative estimate of drug-likeness (QED) is 0.0193. The molecule has 5 N–H and O–H groups in total. The monoisotopic (exact) mass is 798 g/mol. The van der Waals surface area contributed by atoms with Crippen molar-refractivity contribution in [3.63, 3.8) is 0 Å². The van der Waals surface area contributed by atoms with Gasteiger partial charge in [-0.15, -0.1) is 0 Å². The summed E-state index contributed by atoms with van der Waals surface area (Å²) < 4.78 is 23.5. The molecule has 0 aliphatic heterocycles. The van der Waals surface area contributed by atoms with Crippen LogP contribution in [0.1, 0.15) is 136 Å². The molecule has 1 aliphatic rings. The van der Waals surface area contributed by atoms with Gasteiger partial charge in [-0.25, -0.2) is 4.57 Å². The van der Waals surface area contributed by atoms with E-state index in [4.69, 9.17) is 9.05 Å². The molecule has 11 nitrogen and oxygen atoms in total. The van der Waals surface area contributed by atoms with Gasteiger partial charge in [-0.1, -0.05) is 114 Å². The molecule has 0 bridgehead atoms. The summed E-state index contributed by atoms with van der Waals surface area (Å²) in [4.78, 5) is 35.7. The summed E-state index contributed by atoms with van der Waals surface area (Å²) in [6.07, 6.45) is 29.7. The number of hydrogen-bond acceptors (Lipinski definition) is 8. The van der Waals surface area contributed by atoms with E-state index in [1.807, 2.05) is 39.4 Å². The number of carbonyl (C=O) groups excluding carboxylic acids is 2. The van der Waals surface area contributed by atoms with Crippen LogP contribution in [0.2, 0.25) is 0 Å². The number of rotatable bonds is 33. The average molecular weight is 798 g/mol. The lowest BCUT2D eigenvalue weighted by Crippen LogP contribution is -2.45. The van der Waals surface area contributed by atoms with Crippen LogP contribution in [0.15, 0.2) is 48.6 Å². The number of ketones is 1. The van der Waals surface area contributed by atoms with Crippen LogP contribution in [0.25, 0.3) is 0 Å². The largest absolute Gasteiger partial charge is 0.472 e. The maximum Gasteiger partial charge on any atom is 0.472 e. The number of nitrogens with one attached hydrogen (secondary N) is 1. The molecule has 0 heterocycles. The summed E-state index contributed by atoms with van der Waals surface area (Å²) in [7, 11) is 1.39. The molecule has 0 aromatic rings. The predicted octanol–water partition coefficient (Wildman–Crippen LogP) is 7.89. The minimum atomic E-state index is -4.41. The van der Waals surface area contributed by atoms with E-state index in [1.54, 1.807) is 18.2 Å². The Kier molecular flexibility index (Phi) is 28.0. The number of aliphatic hydroxyl groups is 3. The maximum atomic E-state index is 12.9. The van der Waals surface area contributed by atoms with E-state index in [0.717, 1.165) is 51.4 Å². The molecule has 1 fully saturated rings. The second-order valence-corrected chi connectivity index (χ2v) is 17.6. The smallest absolute Gasteiger partial charge is 0.392 e. The molecule has 12 heteroatoms. The van der Waals surface area contributed by atoms with Gasteiger partial charge in [0.25, 0.3) is 0 Å². The molecule has 0 spiro atoms. The SMILES string of the molecule is CCC/C=C\CCCCCCCC/C=C/[C@@H](O)[C@H](COP(=O)(O)OCC[N+](C)(C)C)NC(=O)CCC/C=C\C[C@H]1[C@@H](O)CC(=O)[C@@H]1/C=C/[C@@H](O)CCCCC. The van der Waals surface area contributed by atoms with Crippen molar-refractivity contribution in [2.75, 3.05) is 40.9 Å². The number of quaternary nitrogens is 1. The average Bonchev–Trinajstić information content (AvgIpc) is 3.39. The fraction of sp³-hybridized carbons (Fsp3) is 0.767. The van der Waals surface area contributed by atoms with Gasteiger partial charge in [0.05, 0.1) is 52.1 Å². The second-order valence-electron chi connectivity index (χ2n) is 16.1. The van der Waals surface area contributed by atoms with Crippen LogP contribution in [0.3, 0.4) is 0 Å². The van der Waals surface area contributed by atoms with Crippen molar-refractivity contribution < 1.29 is 47.9 Å². The Morgan fingerprint density at radius 1 is 0.855 bits per heavy atom. The standard InChI is InChI=1S/C43H77N2O9P/c1-6-8-10-11-12-13-14-15-16-17-18-19-24-28-40(47)39(35-54-55(51,52)53-33-32-45(3,4)5)44-43(50)29-25-21-20-23-27-37-38(42(49)34-41(37)48)31-30-36(46)26-22-9-7-2/h10-11,20,23-24,28,30-31,36-41,46-48H,6-9,12-19,21-22,25-27,29,32-35H2,1-5H3,(H-,44,50,51,52)/p+1/b11-10-,23-20-,28-24+,31-30+/t36-,37+,38+,39-,40+,41-/m0/s1. The highest BCUT2D eigenvalue weighted by Crippen LogP contribution is 2.43. The molecule has 1 rings (SSSR count). The van der Waals surface area contributed by atoms with Crippen LogP contribution in [0.5, 0.6) is 0 Å². The Balaban J connectivity index is 2.62. The fourth-order valence-corrected chi connectivity index (χ4v) is 7.11. The van der Waals surface area contributed by atoms with Crippen LogP contribution in [-0.2, 0) is 23.2 Å². The predicted molar refractivity (Wildman–Crippen MR) is 222 cm³/mol. The summed E-state index contributed by atoms with van der Waals surface area (Å²) in [5, 5.41) is 34.5. The molecule has 0 radical (unpaired) electrons. The fourth-order valence-electron chi connectivity index (χ4n) is 6.37. The third-order valence-electron chi connectivity index (χ3n) is 9.87. The summed E-state index contributed by atoms with van der Waals surface area (Å²) in [6.45, 7) is 4.39. The summed E-state index contributed by atoms with van der Waals surface area (Å²) in [6, 6.07) is -0.954. The van der Waals surface area contributed by atoms with Crippen LogP contribution < -0.4 is 5.32 Å². The number of carbonyl (C=O) groups is 2. The Hall–Kier alpha value is -1.95. The number of likely N-dealkylation sites (N-methyl/N-ethyl adjacent to an activating group) is 1. The van der Waals surface area contributed by atoms with E-state index in [2.05, 4.69) is 31.3 Å². The zero-order valence-corrected chi connectivity index (χ0v) is 35.8. The van der Waals surface area contributed by atoms with E-state index >= 15 is 0 Å². The molecule has 0 aromatic heterocycles. The van der Waals surface area contributed by atoms with Gasteiger partial charge >= 0.3 is 7.82 Å². The van der Waals surface area contributed by atoms with E-state index in [0.29, 0.717) is 36.7 Å². The number of aliphatic hydroxyl groups excluding tert-OH is 3. The Labute approximate surface area is 333 Å². The molecular weight excluding hydrogens is 719 g/mol. The third kappa shape index (κ3) is 26.6. The highest BCUT2D eigenvalue weighted by atomic mass is 31.2. The number of phosphoric acid groups is 1. The minimum Gasteiger partial charge on any atom is -0.392 e. The molecule has 1 unspecified atom stereocenters. The van der Waals surface area contributed by atoms with Crippen molar-refractivity contribution in [3.05, 3.63) is 48.6 Å². The lowest BCUT2D eigenvalue weighted by atomic mass is 9.90. The zero-order chi connectivity index (χ0) is 41.0. The van der Waals surface area contributed by atoms with Crippen molar-refractivity contribution in [2.45, 2.75) is 160 Å². The van der Waals surface area contributed by atoms with E-state index in [9.17, 15) is 34.4 Å².